The van der Waals surface area contributed by atoms with Crippen molar-refractivity contribution in [2.75, 3.05) is 19.6 Å². The number of rotatable bonds is 14. The molecular weight excluding hydrogens is 1570 g/mol. The highest BCUT2D eigenvalue weighted by Crippen LogP contribution is 2.52. The van der Waals surface area contributed by atoms with Gasteiger partial charge in [-0.05, 0) is 211 Å². The lowest BCUT2D eigenvalue weighted by atomic mass is 10.0. The molecule has 604 valence electrons. The van der Waals surface area contributed by atoms with Crippen molar-refractivity contribution in [2.45, 2.75) is 39.5 Å². The van der Waals surface area contributed by atoms with Gasteiger partial charge in [-0.25, -0.2) is 13.6 Å². The van der Waals surface area contributed by atoms with Crippen LogP contribution in [0.2, 0.25) is 0 Å². The summed E-state index contributed by atoms with van der Waals surface area (Å²) in [7, 11) is 0. The van der Waals surface area contributed by atoms with Crippen LogP contribution in [0, 0.1) is 29.5 Å². The molecule has 8 aromatic heterocycles. The Kier molecular flexibility index (Phi) is 16.4. The van der Waals surface area contributed by atoms with Crippen molar-refractivity contribution in [1.29, 1.82) is 5.26 Å². The van der Waals surface area contributed by atoms with E-state index in [4.69, 9.17) is 6.57 Å². The third-order valence-electron chi connectivity index (χ3n) is 26.8. The largest absolute Gasteiger partial charge is 0.320 e. The summed E-state index contributed by atoms with van der Waals surface area (Å²) in [6.07, 6.45) is 0. The first kappa shape index (κ1) is 73.9. The van der Waals surface area contributed by atoms with Crippen LogP contribution < -0.4 is 19.6 Å². The van der Waals surface area contributed by atoms with Crippen LogP contribution in [0.3, 0.4) is 0 Å². The average molecular weight is 1650 g/mol. The van der Waals surface area contributed by atoms with Crippen molar-refractivity contribution in [3.63, 3.8) is 0 Å². The molecule has 128 heavy (non-hydrogen) atoms. The SMILES string of the molecule is CC(C)c1ccc(N(c2ccc(F)cc2)c2ccc3c4cccc5c6cc7c(cc6n(c3c2)c45)c2cccc3c4ccc(N(c5ccc(F)cc5)c5ccc(C(C)C)cc5)cc4n7c32)cc1.[C-]#[N+]c1ccccc1N(c1ccccc1)c1ccc2c3cccc4c5cc6c(cc5n(c2c1)c34)c1cccc2c3ccc(N(c4ccccc4)c4ccccc4C#N)cc3n6c21. The number of hydrogen-bond donors (Lipinski definition) is 0. The van der Waals surface area contributed by atoms with E-state index in [2.05, 4.69) is 318 Å². The molecule has 0 aliphatic rings. The van der Waals surface area contributed by atoms with E-state index in [1.165, 1.54) is 144 Å². The van der Waals surface area contributed by atoms with Gasteiger partial charge in [-0.2, -0.15) is 5.26 Å². The minimum absolute atomic E-state index is 0.262. The van der Waals surface area contributed by atoms with Gasteiger partial charge in [0.25, 0.3) is 0 Å². The summed E-state index contributed by atoms with van der Waals surface area (Å²) in [5, 5.41) is 29.4. The number of aromatic nitrogens is 4. The Morgan fingerprint density at radius 3 is 0.828 bits per heavy atom. The second-order valence-corrected chi connectivity index (χ2v) is 34.4. The lowest BCUT2D eigenvalue weighted by Crippen LogP contribution is -2.11. The highest BCUT2D eigenvalue weighted by Gasteiger charge is 2.30. The fourth-order valence-corrected chi connectivity index (χ4v) is 21.0. The van der Waals surface area contributed by atoms with Crippen LogP contribution in [0.5, 0.6) is 0 Å². The van der Waals surface area contributed by atoms with Crippen LogP contribution in [0.4, 0.5) is 82.7 Å². The van der Waals surface area contributed by atoms with E-state index in [-0.39, 0.29) is 11.6 Å². The molecule has 10 nitrogen and oxygen atoms in total. The Morgan fingerprint density at radius 1 is 0.250 bits per heavy atom. The Balaban J connectivity index is 0.000000139. The number of benzene rings is 18. The average Bonchev–Trinajstić information content (AvgIpc) is 1.52. The number of fused-ring (bicyclic) bond motifs is 24. The Morgan fingerprint density at radius 2 is 0.508 bits per heavy atom. The molecule has 0 unspecified atom stereocenters. The number of nitrogens with zero attached hydrogens (tertiary/aromatic N) is 10. The normalized spacial score (nSPS) is 12.1. The molecule has 0 N–H and O–H groups in total. The van der Waals surface area contributed by atoms with Gasteiger partial charge in [-0.15, -0.1) is 0 Å². The second kappa shape index (κ2) is 28.4. The highest BCUT2D eigenvalue weighted by atomic mass is 19.1. The minimum Gasteiger partial charge on any atom is -0.320 e. The molecule has 0 bridgehead atoms. The lowest BCUT2D eigenvalue weighted by Gasteiger charge is -2.26. The van der Waals surface area contributed by atoms with Crippen molar-refractivity contribution in [3.05, 3.63) is 416 Å². The molecule has 0 saturated heterocycles. The van der Waals surface area contributed by atoms with Gasteiger partial charge in [-0.3, -0.25) is 0 Å². The van der Waals surface area contributed by atoms with E-state index in [1.54, 1.807) is 0 Å². The fraction of sp³-hybridized carbons (Fsp3) is 0.0517. The van der Waals surface area contributed by atoms with Gasteiger partial charge < -0.3 is 37.2 Å². The van der Waals surface area contributed by atoms with E-state index in [0.717, 1.165) is 112 Å². The first-order valence-corrected chi connectivity index (χ1v) is 43.6. The van der Waals surface area contributed by atoms with Crippen molar-refractivity contribution in [2.24, 2.45) is 0 Å². The molecule has 0 amide bonds. The zero-order valence-electron chi connectivity index (χ0n) is 70.2. The van der Waals surface area contributed by atoms with Crippen LogP contribution in [0.15, 0.2) is 376 Å². The van der Waals surface area contributed by atoms with Crippen LogP contribution in [0.25, 0.3) is 157 Å². The molecule has 0 atom stereocenters. The maximum Gasteiger partial charge on any atom is 0.210 e. The maximum atomic E-state index is 14.4. The summed E-state index contributed by atoms with van der Waals surface area (Å²) in [6, 6.07) is 133. The molecule has 0 spiro atoms. The van der Waals surface area contributed by atoms with Gasteiger partial charge >= 0.3 is 0 Å². The van der Waals surface area contributed by atoms with Crippen molar-refractivity contribution in [3.8, 4) is 6.07 Å². The zero-order valence-corrected chi connectivity index (χ0v) is 70.2. The molecule has 0 aliphatic heterocycles. The van der Waals surface area contributed by atoms with Gasteiger partial charge in [0.1, 0.15) is 17.7 Å². The van der Waals surface area contributed by atoms with E-state index in [1.807, 2.05) is 109 Å². The predicted octanol–water partition coefficient (Wildman–Crippen LogP) is 32.8. The Labute approximate surface area is 734 Å². The van der Waals surface area contributed by atoms with E-state index < -0.39 is 0 Å². The second-order valence-electron chi connectivity index (χ2n) is 34.4. The van der Waals surface area contributed by atoms with E-state index in [0.29, 0.717) is 23.1 Å². The molecular formula is C116H76F2N10. The third-order valence-corrected chi connectivity index (χ3v) is 26.8. The van der Waals surface area contributed by atoms with E-state index in [9.17, 15) is 14.0 Å². The summed E-state index contributed by atoms with van der Waals surface area (Å²) in [5.41, 5.74) is 29.1. The Hall–Kier alpha value is -16.8. The molecule has 0 radical (unpaired) electrons. The smallest absolute Gasteiger partial charge is 0.210 e. The number of anilines is 12. The summed E-state index contributed by atoms with van der Waals surface area (Å²) < 4.78 is 38.5. The van der Waals surface area contributed by atoms with Gasteiger partial charge in [0.05, 0.1) is 89.7 Å². The summed E-state index contributed by atoms with van der Waals surface area (Å²) in [6.45, 7) is 16.9. The number of hydrogen-bond acceptors (Lipinski definition) is 5. The first-order chi connectivity index (χ1) is 62.9. The summed E-state index contributed by atoms with van der Waals surface area (Å²) >= 11 is 0. The molecule has 26 rings (SSSR count). The number of halogens is 2. The standard InChI is InChI=1S/C60H44F2N4.C56H32N6/c1-35(2)37-11-19-41(20-12-37)63(43-23-15-39(61)16-24-43)45-27-29-47-49-7-5-9-51-53-34-58-54(33-57(53)65(59(49)51)55(47)31-45)52-10-6-8-50-48-30-28-46(32-56(48)66(58)60(50)52)64(44-25-17-40(62)18-26-44)42-21-13-38(14-22-42)36(3)4;1-58-48-23-9-11-25-50(48)60(37-17-6-3-7-18-37)39-27-29-41-43-20-13-22-45-47-32-53-46(33-54(47)62(56(43)45)52(41)31-39)44-21-12-19-42-40-28-26-38(30-51(40)61(53)55(42)44)59(36-15-4-2-5-16-36)49-24-10-8-14-35(49)34-57/h5-36H,1-4H3;2-33H. The van der Waals surface area contributed by atoms with Crippen molar-refractivity contribution in [1.82, 2.24) is 17.6 Å². The number of nitriles is 1. The molecule has 0 aliphatic carbocycles. The molecule has 18 aromatic carbocycles. The number of para-hydroxylation sites is 9. The topological polar surface area (TPSA) is 58.8 Å². The van der Waals surface area contributed by atoms with Crippen LogP contribution in [0.1, 0.15) is 56.2 Å². The first-order valence-electron chi connectivity index (χ1n) is 43.6. The monoisotopic (exact) mass is 1650 g/mol. The quantitative estimate of drug-likeness (QED) is 0.102. The van der Waals surface area contributed by atoms with Crippen LogP contribution in [-0.4, -0.2) is 17.6 Å². The zero-order chi connectivity index (χ0) is 85.6. The molecule has 12 heteroatoms. The summed E-state index contributed by atoms with van der Waals surface area (Å²) in [5.74, 6) is 0.292. The van der Waals surface area contributed by atoms with Crippen molar-refractivity contribution >= 4 is 226 Å². The summed E-state index contributed by atoms with van der Waals surface area (Å²) in [4.78, 5) is 12.8. The third kappa shape index (κ3) is 11.0. The molecule has 0 fully saturated rings. The van der Waals surface area contributed by atoms with Gasteiger partial charge in [0, 0.05) is 143 Å². The molecule has 8 heterocycles. The lowest BCUT2D eigenvalue weighted by molar-refractivity contribution is 0.627. The predicted molar refractivity (Wildman–Crippen MR) is 529 cm³/mol. The molecule has 0 saturated carbocycles. The minimum atomic E-state index is -0.262. The van der Waals surface area contributed by atoms with Crippen LogP contribution >= 0.6 is 0 Å². The molecule has 26 aromatic rings. The van der Waals surface area contributed by atoms with Crippen LogP contribution in [-0.2, 0) is 0 Å². The van der Waals surface area contributed by atoms with Gasteiger partial charge in [-0.1, -0.05) is 216 Å². The van der Waals surface area contributed by atoms with Crippen molar-refractivity contribution < 1.29 is 8.78 Å². The Bertz CT molecular complexity index is 8540. The maximum absolute atomic E-state index is 14.4. The highest BCUT2D eigenvalue weighted by molar-refractivity contribution is 6.32. The van der Waals surface area contributed by atoms with Gasteiger partial charge in [0.15, 0.2) is 0 Å². The van der Waals surface area contributed by atoms with Gasteiger partial charge in [0.2, 0.25) is 5.69 Å². The van der Waals surface area contributed by atoms with E-state index >= 15 is 0 Å². The fourth-order valence-electron chi connectivity index (χ4n) is 21.0.